The zero-order valence-electron chi connectivity index (χ0n) is 14.4. The van der Waals surface area contributed by atoms with Gasteiger partial charge in [-0.05, 0) is 55.2 Å². The number of halogens is 2. The van der Waals surface area contributed by atoms with E-state index in [4.69, 9.17) is 27.9 Å². The SMILES string of the molecule is CCC(=O)OC(C)C(c1ccc(Cl)c(C)c1)c1ccc(Cl)c(C)c1. The van der Waals surface area contributed by atoms with Crippen LogP contribution in [0.4, 0.5) is 0 Å². The summed E-state index contributed by atoms with van der Waals surface area (Å²) in [5, 5.41) is 1.45. The molecular formula is C20H22Cl2O2. The molecule has 0 saturated carbocycles. The van der Waals surface area contributed by atoms with Gasteiger partial charge in [-0.1, -0.05) is 54.4 Å². The van der Waals surface area contributed by atoms with E-state index < -0.39 is 0 Å². The van der Waals surface area contributed by atoms with Crippen molar-refractivity contribution in [3.8, 4) is 0 Å². The van der Waals surface area contributed by atoms with E-state index in [1.807, 2.05) is 57.2 Å². The Morgan fingerprint density at radius 2 is 1.46 bits per heavy atom. The Morgan fingerprint density at radius 1 is 1.00 bits per heavy atom. The lowest BCUT2D eigenvalue weighted by atomic mass is 9.86. The maximum absolute atomic E-state index is 11.8. The Labute approximate surface area is 153 Å². The lowest BCUT2D eigenvalue weighted by Crippen LogP contribution is -2.23. The first-order valence-corrected chi connectivity index (χ1v) is 8.80. The molecule has 0 amide bonds. The highest BCUT2D eigenvalue weighted by Crippen LogP contribution is 2.33. The highest BCUT2D eigenvalue weighted by atomic mass is 35.5. The van der Waals surface area contributed by atoms with Crippen molar-refractivity contribution in [2.24, 2.45) is 0 Å². The van der Waals surface area contributed by atoms with Crippen molar-refractivity contribution >= 4 is 29.2 Å². The Hall–Kier alpha value is -1.51. The van der Waals surface area contributed by atoms with Crippen LogP contribution in [0, 0.1) is 13.8 Å². The summed E-state index contributed by atoms with van der Waals surface area (Å²) in [4.78, 5) is 11.8. The van der Waals surface area contributed by atoms with Gasteiger partial charge in [-0.3, -0.25) is 4.79 Å². The summed E-state index contributed by atoms with van der Waals surface area (Å²) in [5.41, 5.74) is 4.13. The maximum atomic E-state index is 11.8. The van der Waals surface area contributed by atoms with E-state index in [1.54, 1.807) is 6.92 Å². The van der Waals surface area contributed by atoms with Crippen LogP contribution in [0.5, 0.6) is 0 Å². The highest BCUT2D eigenvalue weighted by Gasteiger charge is 2.25. The number of rotatable bonds is 5. The van der Waals surface area contributed by atoms with Gasteiger partial charge in [0.15, 0.2) is 0 Å². The summed E-state index contributed by atoms with van der Waals surface area (Å²) in [6, 6.07) is 11.8. The lowest BCUT2D eigenvalue weighted by molar-refractivity contribution is -0.148. The summed E-state index contributed by atoms with van der Waals surface area (Å²) in [7, 11) is 0. The molecule has 1 atom stereocenters. The molecule has 0 spiro atoms. The van der Waals surface area contributed by atoms with Gasteiger partial charge in [0.1, 0.15) is 6.10 Å². The number of benzene rings is 2. The van der Waals surface area contributed by atoms with E-state index >= 15 is 0 Å². The fourth-order valence-corrected chi connectivity index (χ4v) is 3.05. The number of aryl methyl sites for hydroxylation is 2. The largest absolute Gasteiger partial charge is 0.462 e. The first-order chi connectivity index (χ1) is 11.3. The van der Waals surface area contributed by atoms with Crippen molar-refractivity contribution in [3.05, 3.63) is 68.7 Å². The number of carbonyl (C=O) groups excluding carboxylic acids is 1. The number of carbonyl (C=O) groups is 1. The molecule has 0 heterocycles. The van der Waals surface area contributed by atoms with E-state index in [9.17, 15) is 4.79 Å². The zero-order valence-corrected chi connectivity index (χ0v) is 15.9. The number of hydrogen-bond acceptors (Lipinski definition) is 2. The Kier molecular flexibility index (Phi) is 6.31. The van der Waals surface area contributed by atoms with Crippen LogP contribution < -0.4 is 0 Å². The molecule has 0 saturated heterocycles. The van der Waals surface area contributed by atoms with Crippen molar-refractivity contribution in [2.45, 2.75) is 46.1 Å². The molecule has 128 valence electrons. The van der Waals surface area contributed by atoms with E-state index in [2.05, 4.69) is 0 Å². The molecule has 0 aromatic heterocycles. The van der Waals surface area contributed by atoms with Gasteiger partial charge in [0.05, 0.1) is 0 Å². The van der Waals surface area contributed by atoms with E-state index in [1.165, 1.54) is 0 Å². The topological polar surface area (TPSA) is 26.3 Å². The summed E-state index contributed by atoms with van der Waals surface area (Å²) < 4.78 is 5.61. The molecule has 0 aliphatic rings. The van der Waals surface area contributed by atoms with Gasteiger partial charge in [-0.2, -0.15) is 0 Å². The predicted octanol–water partition coefficient (Wildman–Crippen LogP) is 6.08. The molecule has 2 nitrogen and oxygen atoms in total. The van der Waals surface area contributed by atoms with E-state index in [0.29, 0.717) is 6.42 Å². The van der Waals surface area contributed by atoms with Crippen molar-refractivity contribution in [1.29, 1.82) is 0 Å². The minimum Gasteiger partial charge on any atom is -0.462 e. The molecule has 1 unspecified atom stereocenters. The quantitative estimate of drug-likeness (QED) is 0.600. The van der Waals surface area contributed by atoms with Gasteiger partial charge < -0.3 is 4.74 Å². The highest BCUT2D eigenvalue weighted by molar-refractivity contribution is 6.31. The van der Waals surface area contributed by atoms with Crippen LogP contribution in [-0.2, 0) is 9.53 Å². The van der Waals surface area contributed by atoms with Crippen LogP contribution in [0.25, 0.3) is 0 Å². The third-order valence-corrected chi connectivity index (χ3v) is 5.01. The molecule has 0 aliphatic heterocycles. The van der Waals surface area contributed by atoms with Gasteiger partial charge in [-0.25, -0.2) is 0 Å². The third kappa shape index (κ3) is 4.31. The lowest BCUT2D eigenvalue weighted by Gasteiger charge is -2.26. The molecule has 0 aliphatic carbocycles. The molecule has 2 aromatic rings. The molecule has 2 rings (SSSR count). The number of hydrogen-bond donors (Lipinski definition) is 0. The maximum Gasteiger partial charge on any atom is 0.305 e. The molecular weight excluding hydrogens is 343 g/mol. The van der Waals surface area contributed by atoms with Crippen LogP contribution in [0.3, 0.4) is 0 Å². The fraction of sp³-hybridized carbons (Fsp3) is 0.350. The van der Waals surface area contributed by atoms with Crippen molar-refractivity contribution < 1.29 is 9.53 Å². The number of ether oxygens (including phenoxy) is 1. The standard InChI is InChI=1S/C20H22Cl2O2/c1-5-19(23)24-14(4)20(15-6-8-17(21)12(2)10-15)16-7-9-18(22)13(3)11-16/h6-11,14,20H,5H2,1-4H3. The van der Waals surface area contributed by atoms with Gasteiger partial charge in [-0.15, -0.1) is 0 Å². The van der Waals surface area contributed by atoms with Crippen LogP contribution in [-0.4, -0.2) is 12.1 Å². The van der Waals surface area contributed by atoms with Crippen LogP contribution in [0.2, 0.25) is 10.0 Å². The Morgan fingerprint density at radius 3 is 1.83 bits per heavy atom. The minimum absolute atomic E-state index is 0.0765. The van der Waals surface area contributed by atoms with Gasteiger partial charge in [0.2, 0.25) is 0 Å². The Balaban J connectivity index is 2.49. The third-order valence-electron chi connectivity index (χ3n) is 4.16. The van der Waals surface area contributed by atoms with Crippen LogP contribution in [0.15, 0.2) is 36.4 Å². The van der Waals surface area contributed by atoms with E-state index in [-0.39, 0.29) is 18.0 Å². The first-order valence-electron chi connectivity index (χ1n) is 8.05. The molecule has 0 radical (unpaired) electrons. The zero-order chi connectivity index (χ0) is 17.9. The van der Waals surface area contributed by atoms with E-state index in [0.717, 1.165) is 32.3 Å². The average Bonchev–Trinajstić information content (AvgIpc) is 2.54. The summed E-state index contributed by atoms with van der Waals surface area (Å²) in [6.45, 7) is 7.66. The molecule has 2 aromatic carbocycles. The normalized spacial score (nSPS) is 12.3. The summed E-state index contributed by atoms with van der Waals surface area (Å²) in [6.07, 6.45) is 0.0645. The number of esters is 1. The monoisotopic (exact) mass is 364 g/mol. The van der Waals surface area contributed by atoms with Crippen LogP contribution in [0.1, 0.15) is 48.4 Å². The fourth-order valence-electron chi connectivity index (χ4n) is 2.82. The van der Waals surface area contributed by atoms with Gasteiger partial charge >= 0.3 is 5.97 Å². The molecule has 0 fully saturated rings. The van der Waals surface area contributed by atoms with Crippen molar-refractivity contribution in [2.75, 3.05) is 0 Å². The molecule has 4 heteroatoms. The smallest absolute Gasteiger partial charge is 0.305 e. The van der Waals surface area contributed by atoms with Gasteiger partial charge in [0, 0.05) is 22.4 Å². The van der Waals surface area contributed by atoms with Crippen LogP contribution >= 0.6 is 23.2 Å². The second kappa shape index (κ2) is 8.04. The minimum atomic E-state index is -0.293. The summed E-state index contributed by atoms with van der Waals surface area (Å²) >= 11 is 12.3. The first kappa shape index (κ1) is 18.8. The second-order valence-corrected chi connectivity index (χ2v) is 6.86. The average molecular weight is 365 g/mol. The van der Waals surface area contributed by atoms with Crippen molar-refractivity contribution in [1.82, 2.24) is 0 Å². The molecule has 0 N–H and O–H groups in total. The predicted molar refractivity (Wildman–Crippen MR) is 100 cm³/mol. The molecule has 0 bridgehead atoms. The van der Waals surface area contributed by atoms with Crippen molar-refractivity contribution in [3.63, 3.8) is 0 Å². The molecule has 24 heavy (non-hydrogen) atoms. The van der Waals surface area contributed by atoms with Gasteiger partial charge in [0.25, 0.3) is 0 Å². The Bertz CT molecular complexity index is 689. The summed E-state index contributed by atoms with van der Waals surface area (Å²) in [5.74, 6) is -0.281. The second-order valence-electron chi connectivity index (χ2n) is 6.04.